The number of halogens is 2. The molecule has 0 aromatic heterocycles. The van der Waals surface area contributed by atoms with Gasteiger partial charge in [0, 0.05) is 12.0 Å². The molecule has 3 rings (SSSR count). The van der Waals surface area contributed by atoms with Gasteiger partial charge in [0.2, 0.25) is 0 Å². The Balaban J connectivity index is 2.07. The first kappa shape index (κ1) is 12.2. The number of hydrogen-bond acceptors (Lipinski definition) is 2. The summed E-state index contributed by atoms with van der Waals surface area (Å²) in [5.74, 6) is -0.256. The molecule has 0 bridgehead atoms. The molecule has 0 saturated heterocycles. The molecule has 0 aliphatic carbocycles. The van der Waals surface area contributed by atoms with Crippen molar-refractivity contribution in [3.8, 4) is 5.75 Å². The van der Waals surface area contributed by atoms with Gasteiger partial charge < -0.3 is 5.11 Å². The Morgan fingerprint density at radius 3 is 2.84 bits per heavy atom. The van der Waals surface area contributed by atoms with E-state index in [1.807, 2.05) is 19.1 Å². The second kappa shape index (κ2) is 4.35. The first-order valence-electron chi connectivity index (χ1n) is 5.90. The fourth-order valence-corrected chi connectivity index (χ4v) is 2.38. The van der Waals surface area contributed by atoms with E-state index >= 15 is 0 Å². The van der Waals surface area contributed by atoms with Crippen LogP contribution in [0.4, 0.5) is 10.1 Å². The summed E-state index contributed by atoms with van der Waals surface area (Å²) < 4.78 is 13.4. The van der Waals surface area contributed by atoms with E-state index in [9.17, 15) is 9.50 Å². The monoisotopic (exact) mass is 275 g/mol. The number of rotatable bonds is 1. The van der Waals surface area contributed by atoms with E-state index in [4.69, 9.17) is 11.6 Å². The fourth-order valence-electron chi connectivity index (χ4n) is 2.22. The molecule has 0 amide bonds. The van der Waals surface area contributed by atoms with Crippen LogP contribution in [0.3, 0.4) is 0 Å². The molecule has 0 saturated carbocycles. The molecule has 1 aliphatic rings. The van der Waals surface area contributed by atoms with Crippen molar-refractivity contribution in [1.82, 2.24) is 0 Å². The molecule has 4 heteroatoms. The lowest BCUT2D eigenvalue weighted by atomic mass is 10.0. The molecule has 0 spiro atoms. The summed E-state index contributed by atoms with van der Waals surface area (Å²) in [6.07, 6.45) is 0.500. The lowest BCUT2D eigenvalue weighted by Gasteiger charge is -2.05. The Labute approximate surface area is 115 Å². The first-order chi connectivity index (χ1) is 9.04. The molecule has 19 heavy (non-hydrogen) atoms. The van der Waals surface area contributed by atoms with Crippen LogP contribution in [0.5, 0.6) is 5.75 Å². The van der Waals surface area contributed by atoms with E-state index in [0.717, 1.165) is 16.8 Å². The number of aromatic hydroxyl groups is 1. The van der Waals surface area contributed by atoms with E-state index in [1.165, 1.54) is 12.1 Å². The van der Waals surface area contributed by atoms with Crippen molar-refractivity contribution in [3.63, 3.8) is 0 Å². The summed E-state index contributed by atoms with van der Waals surface area (Å²) in [6, 6.07) is 8.27. The smallest absolute Gasteiger partial charge is 0.142 e. The van der Waals surface area contributed by atoms with E-state index in [2.05, 4.69) is 4.99 Å². The van der Waals surface area contributed by atoms with Gasteiger partial charge in [-0.05, 0) is 36.8 Å². The minimum absolute atomic E-state index is 0.0669. The third-order valence-electron chi connectivity index (χ3n) is 3.20. The van der Waals surface area contributed by atoms with Gasteiger partial charge in [0.1, 0.15) is 11.6 Å². The summed E-state index contributed by atoms with van der Waals surface area (Å²) in [5, 5.41) is 9.97. The highest BCUT2D eigenvalue weighted by atomic mass is 35.5. The predicted octanol–water partition coefficient (Wildman–Crippen LogP) is 4.17. The zero-order valence-electron chi connectivity index (χ0n) is 10.2. The standard InChI is InChI=1S/C15H11ClFNO/c1-8-2-3-15(19)10(4-8)14-6-9-5-12(17)11(16)7-13(9)18-14/h2-5,7,19H,6H2,1H3. The van der Waals surface area contributed by atoms with Crippen molar-refractivity contribution in [2.45, 2.75) is 13.3 Å². The largest absolute Gasteiger partial charge is 0.507 e. The summed E-state index contributed by atoms with van der Waals surface area (Å²) in [5.41, 5.74) is 3.92. The summed E-state index contributed by atoms with van der Waals surface area (Å²) in [7, 11) is 0. The second-order valence-corrected chi connectivity index (χ2v) is 5.06. The number of phenolic OH excluding ortho intramolecular Hbond substituents is 1. The molecule has 2 aromatic rings. The summed E-state index contributed by atoms with van der Waals surface area (Å²) in [4.78, 5) is 4.43. The molecule has 0 radical (unpaired) electrons. The lowest BCUT2D eigenvalue weighted by Crippen LogP contribution is -2.01. The van der Waals surface area contributed by atoms with Crippen molar-refractivity contribution in [1.29, 1.82) is 0 Å². The normalized spacial score (nSPS) is 13.3. The molecule has 96 valence electrons. The van der Waals surface area contributed by atoms with Crippen LogP contribution >= 0.6 is 11.6 Å². The Kier molecular flexibility index (Phi) is 2.79. The maximum Gasteiger partial charge on any atom is 0.142 e. The van der Waals surface area contributed by atoms with Crippen LogP contribution in [0.25, 0.3) is 0 Å². The maximum atomic E-state index is 13.4. The Bertz CT molecular complexity index is 710. The number of phenols is 1. The van der Waals surface area contributed by atoms with Gasteiger partial charge in [-0.3, -0.25) is 4.99 Å². The molecule has 0 unspecified atom stereocenters. The van der Waals surface area contributed by atoms with Gasteiger partial charge in [-0.1, -0.05) is 23.2 Å². The summed E-state index contributed by atoms with van der Waals surface area (Å²) in [6.45, 7) is 1.95. The molecule has 2 aromatic carbocycles. The average Bonchev–Trinajstić information content (AvgIpc) is 2.75. The van der Waals surface area contributed by atoms with Crippen LogP contribution < -0.4 is 0 Å². The van der Waals surface area contributed by atoms with Gasteiger partial charge in [0.15, 0.2) is 0 Å². The van der Waals surface area contributed by atoms with Crippen LogP contribution in [0, 0.1) is 12.7 Å². The molecular formula is C15H11ClFNO. The predicted molar refractivity (Wildman–Crippen MR) is 74.2 cm³/mol. The van der Waals surface area contributed by atoms with E-state index in [-0.39, 0.29) is 10.8 Å². The van der Waals surface area contributed by atoms with Crippen molar-refractivity contribution in [3.05, 3.63) is 57.9 Å². The molecule has 1 aliphatic heterocycles. The van der Waals surface area contributed by atoms with E-state index < -0.39 is 5.82 Å². The van der Waals surface area contributed by atoms with Gasteiger partial charge in [-0.2, -0.15) is 0 Å². The zero-order valence-corrected chi connectivity index (χ0v) is 11.0. The second-order valence-electron chi connectivity index (χ2n) is 4.65. The van der Waals surface area contributed by atoms with Crippen LogP contribution in [0.15, 0.2) is 35.3 Å². The highest BCUT2D eigenvalue weighted by Crippen LogP contribution is 2.34. The number of aliphatic imine (C=N–C) groups is 1. The number of benzene rings is 2. The molecule has 2 nitrogen and oxygen atoms in total. The van der Waals surface area contributed by atoms with Crippen molar-refractivity contribution in [2.75, 3.05) is 0 Å². The Hall–Kier alpha value is -1.87. The third kappa shape index (κ3) is 2.10. The van der Waals surface area contributed by atoms with Gasteiger partial charge in [0.05, 0.1) is 16.4 Å². The minimum Gasteiger partial charge on any atom is -0.507 e. The van der Waals surface area contributed by atoms with Gasteiger partial charge in [-0.25, -0.2) is 4.39 Å². The molecular weight excluding hydrogens is 265 g/mol. The van der Waals surface area contributed by atoms with Gasteiger partial charge >= 0.3 is 0 Å². The number of fused-ring (bicyclic) bond motifs is 1. The molecule has 1 heterocycles. The highest BCUT2D eigenvalue weighted by molar-refractivity contribution is 6.31. The van der Waals surface area contributed by atoms with Crippen LogP contribution in [0.1, 0.15) is 16.7 Å². The third-order valence-corrected chi connectivity index (χ3v) is 3.49. The highest BCUT2D eigenvalue weighted by Gasteiger charge is 2.20. The van der Waals surface area contributed by atoms with E-state index in [1.54, 1.807) is 6.07 Å². The van der Waals surface area contributed by atoms with Crippen LogP contribution in [-0.2, 0) is 6.42 Å². The van der Waals surface area contributed by atoms with E-state index in [0.29, 0.717) is 17.7 Å². The first-order valence-corrected chi connectivity index (χ1v) is 6.28. The molecule has 0 atom stereocenters. The Morgan fingerprint density at radius 1 is 1.26 bits per heavy atom. The maximum absolute atomic E-state index is 13.4. The van der Waals surface area contributed by atoms with Crippen molar-refractivity contribution in [2.24, 2.45) is 4.99 Å². The fraction of sp³-hybridized carbons (Fsp3) is 0.133. The van der Waals surface area contributed by atoms with Crippen molar-refractivity contribution < 1.29 is 9.50 Å². The Morgan fingerprint density at radius 2 is 2.05 bits per heavy atom. The van der Waals surface area contributed by atoms with Gasteiger partial charge in [0.25, 0.3) is 0 Å². The topological polar surface area (TPSA) is 32.6 Å². The minimum atomic E-state index is -0.440. The average molecular weight is 276 g/mol. The molecule has 1 N–H and O–H groups in total. The number of nitrogens with zero attached hydrogens (tertiary/aromatic N) is 1. The SMILES string of the molecule is Cc1ccc(O)c(C2=Nc3cc(Cl)c(F)cc3C2)c1. The lowest BCUT2D eigenvalue weighted by molar-refractivity contribution is 0.474. The van der Waals surface area contributed by atoms with Crippen molar-refractivity contribution >= 4 is 23.0 Å². The number of aryl methyl sites for hydroxylation is 1. The van der Waals surface area contributed by atoms with Gasteiger partial charge in [-0.15, -0.1) is 0 Å². The zero-order chi connectivity index (χ0) is 13.6. The van der Waals surface area contributed by atoms with Crippen LogP contribution in [0.2, 0.25) is 5.02 Å². The van der Waals surface area contributed by atoms with Crippen LogP contribution in [-0.4, -0.2) is 10.8 Å². The molecule has 0 fully saturated rings. The summed E-state index contributed by atoms with van der Waals surface area (Å²) >= 11 is 5.75. The quantitative estimate of drug-likeness (QED) is 0.832. The number of hydrogen-bond donors (Lipinski definition) is 1.